The minimum Gasteiger partial charge on any atom is -0.444 e. The Morgan fingerprint density at radius 3 is 2.39 bits per heavy atom. The van der Waals surface area contributed by atoms with Gasteiger partial charge in [-0.1, -0.05) is 20.8 Å². The number of hydrogen-bond acceptors (Lipinski definition) is 3. The Morgan fingerprint density at radius 2 is 1.89 bits per heavy atom. The van der Waals surface area contributed by atoms with Gasteiger partial charge in [-0.25, -0.2) is 4.79 Å². The first-order chi connectivity index (χ1) is 8.09. The van der Waals surface area contributed by atoms with Gasteiger partial charge in [0, 0.05) is 12.2 Å². The van der Waals surface area contributed by atoms with Gasteiger partial charge in [-0.15, -0.1) is 0 Å². The molecule has 1 rings (SSSR count). The van der Waals surface area contributed by atoms with Crippen molar-refractivity contribution in [2.24, 2.45) is 5.41 Å². The summed E-state index contributed by atoms with van der Waals surface area (Å²) in [5, 5.41) is 5.99. The molecule has 0 fully saturated rings. The third-order valence-corrected chi connectivity index (χ3v) is 2.51. The van der Waals surface area contributed by atoms with Crippen LogP contribution in [-0.4, -0.2) is 18.2 Å². The number of allylic oxidation sites excluding steroid dienone is 1. The summed E-state index contributed by atoms with van der Waals surface area (Å²) in [7, 11) is 0. The molecular formula is C14H24N2O2. The molecule has 4 nitrogen and oxygen atoms in total. The van der Waals surface area contributed by atoms with E-state index in [1.807, 2.05) is 33.0 Å². The fraction of sp³-hybridized carbons (Fsp3) is 0.643. The van der Waals surface area contributed by atoms with Crippen LogP contribution in [0.1, 0.15) is 41.5 Å². The summed E-state index contributed by atoms with van der Waals surface area (Å²) in [4.78, 5) is 11.8. The third-order valence-electron chi connectivity index (χ3n) is 2.51. The molecule has 0 saturated carbocycles. The van der Waals surface area contributed by atoms with Crippen molar-refractivity contribution in [3.63, 3.8) is 0 Å². The van der Waals surface area contributed by atoms with Crippen LogP contribution in [-0.2, 0) is 4.74 Å². The molecule has 102 valence electrons. The topological polar surface area (TPSA) is 50.4 Å². The number of carbonyl (C=O) groups excluding carboxylic acids is 1. The Kier molecular flexibility index (Phi) is 4.09. The second kappa shape index (κ2) is 5.04. The van der Waals surface area contributed by atoms with E-state index in [2.05, 4.69) is 31.4 Å². The van der Waals surface area contributed by atoms with Crippen LogP contribution in [0.4, 0.5) is 4.79 Å². The molecule has 0 aliphatic carbocycles. The van der Waals surface area contributed by atoms with Gasteiger partial charge < -0.3 is 10.1 Å². The summed E-state index contributed by atoms with van der Waals surface area (Å²) in [6.07, 6.45) is 3.29. The van der Waals surface area contributed by atoms with Crippen molar-refractivity contribution >= 4 is 6.09 Å². The van der Waals surface area contributed by atoms with Gasteiger partial charge in [-0.05, 0) is 44.0 Å². The first-order valence-electron chi connectivity index (χ1n) is 6.23. The number of hydrogen-bond donors (Lipinski definition) is 2. The third kappa shape index (κ3) is 4.43. The summed E-state index contributed by atoms with van der Waals surface area (Å²) in [5.74, 6) is 0. The minimum atomic E-state index is -0.483. The van der Waals surface area contributed by atoms with Gasteiger partial charge in [0.25, 0.3) is 0 Å². The Labute approximate surface area is 109 Å². The first-order valence-corrected chi connectivity index (χ1v) is 6.23. The predicted octanol–water partition coefficient (Wildman–Crippen LogP) is 2.93. The summed E-state index contributed by atoms with van der Waals surface area (Å²) in [6.45, 7) is 12.7. The van der Waals surface area contributed by atoms with Gasteiger partial charge >= 0.3 is 6.09 Å². The Hall–Kier alpha value is -1.45. The van der Waals surface area contributed by atoms with E-state index in [4.69, 9.17) is 4.74 Å². The molecule has 0 aromatic heterocycles. The molecule has 0 atom stereocenters. The molecule has 1 heterocycles. The van der Waals surface area contributed by atoms with Crippen molar-refractivity contribution in [1.82, 2.24) is 10.6 Å². The van der Waals surface area contributed by atoms with E-state index in [0.29, 0.717) is 0 Å². The lowest BCUT2D eigenvalue weighted by Crippen LogP contribution is -2.35. The predicted molar refractivity (Wildman–Crippen MR) is 73.0 cm³/mol. The molecule has 0 unspecified atom stereocenters. The van der Waals surface area contributed by atoms with Crippen molar-refractivity contribution in [1.29, 1.82) is 0 Å². The quantitative estimate of drug-likeness (QED) is 0.754. The summed E-state index contributed by atoms with van der Waals surface area (Å²) < 4.78 is 5.26. The van der Waals surface area contributed by atoms with E-state index in [1.54, 1.807) is 0 Å². The van der Waals surface area contributed by atoms with Crippen molar-refractivity contribution < 1.29 is 9.53 Å². The lowest BCUT2D eigenvalue weighted by molar-refractivity contribution is 0.0546. The largest absolute Gasteiger partial charge is 0.444 e. The van der Waals surface area contributed by atoms with Crippen LogP contribution in [0.5, 0.6) is 0 Å². The van der Waals surface area contributed by atoms with E-state index >= 15 is 0 Å². The Morgan fingerprint density at radius 1 is 1.28 bits per heavy atom. The zero-order chi connectivity index (χ0) is 14.0. The van der Waals surface area contributed by atoms with Crippen LogP contribution < -0.4 is 10.6 Å². The van der Waals surface area contributed by atoms with Gasteiger partial charge in [-0.3, -0.25) is 5.32 Å². The highest BCUT2D eigenvalue weighted by molar-refractivity contribution is 5.71. The average Bonchev–Trinajstić information content (AvgIpc) is 2.13. The van der Waals surface area contributed by atoms with E-state index in [0.717, 1.165) is 17.8 Å². The maximum absolute atomic E-state index is 11.8. The first kappa shape index (κ1) is 14.6. The number of amides is 1. The van der Waals surface area contributed by atoms with Crippen LogP contribution >= 0.6 is 0 Å². The van der Waals surface area contributed by atoms with E-state index in [-0.39, 0.29) is 5.41 Å². The molecule has 0 aromatic rings. The number of rotatable bonds is 1. The van der Waals surface area contributed by atoms with Crippen LogP contribution in [0.15, 0.2) is 23.5 Å². The highest BCUT2D eigenvalue weighted by Gasteiger charge is 2.24. The number of carbonyl (C=O) groups is 1. The molecule has 0 radical (unpaired) electrons. The van der Waals surface area contributed by atoms with Gasteiger partial charge in [0.2, 0.25) is 0 Å². The maximum atomic E-state index is 11.8. The molecule has 1 aliphatic rings. The normalized spacial score (nSPS) is 16.3. The molecule has 1 amide bonds. The van der Waals surface area contributed by atoms with Crippen molar-refractivity contribution in [3.05, 3.63) is 23.5 Å². The molecule has 4 heteroatoms. The highest BCUT2D eigenvalue weighted by Crippen LogP contribution is 2.28. The SMILES string of the molecule is CC(C)(C)OC(=O)NC1=C(C(C)(C)C)CNC=C1. The van der Waals surface area contributed by atoms with E-state index < -0.39 is 11.7 Å². The molecule has 0 spiro atoms. The molecule has 0 aromatic carbocycles. The molecular weight excluding hydrogens is 228 g/mol. The molecule has 0 bridgehead atoms. The number of ether oxygens (including phenoxy) is 1. The monoisotopic (exact) mass is 252 g/mol. The summed E-state index contributed by atoms with van der Waals surface area (Å²) in [5.41, 5.74) is 1.51. The van der Waals surface area contributed by atoms with Gasteiger partial charge in [0.05, 0.1) is 0 Å². The fourth-order valence-corrected chi connectivity index (χ4v) is 1.70. The average molecular weight is 252 g/mol. The number of dihydropyridines is 1. The van der Waals surface area contributed by atoms with Crippen LogP contribution in [0.3, 0.4) is 0 Å². The van der Waals surface area contributed by atoms with E-state index in [1.165, 1.54) is 0 Å². The number of alkyl carbamates (subject to hydrolysis) is 1. The van der Waals surface area contributed by atoms with Gasteiger partial charge in [0.1, 0.15) is 5.60 Å². The van der Waals surface area contributed by atoms with Crippen LogP contribution in [0.2, 0.25) is 0 Å². The second-order valence-electron chi connectivity index (χ2n) is 6.48. The standard InChI is InChI=1S/C14H24N2O2/c1-13(2,3)10-9-15-8-7-11(10)16-12(17)18-14(4,5)6/h7-8,15H,9H2,1-6H3,(H,16,17). The second-order valence-corrected chi connectivity index (χ2v) is 6.48. The van der Waals surface area contributed by atoms with Gasteiger partial charge in [-0.2, -0.15) is 0 Å². The molecule has 0 saturated heterocycles. The lowest BCUT2D eigenvalue weighted by Gasteiger charge is -2.29. The highest BCUT2D eigenvalue weighted by atomic mass is 16.6. The Balaban J connectivity index is 2.83. The fourth-order valence-electron chi connectivity index (χ4n) is 1.70. The minimum absolute atomic E-state index is 0.00209. The Bertz CT molecular complexity index is 382. The molecule has 18 heavy (non-hydrogen) atoms. The van der Waals surface area contributed by atoms with Crippen molar-refractivity contribution in [3.8, 4) is 0 Å². The smallest absolute Gasteiger partial charge is 0.412 e. The molecule has 2 N–H and O–H groups in total. The zero-order valence-corrected chi connectivity index (χ0v) is 12.2. The maximum Gasteiger partial charge on any atom is 0.412 e. The van der Waals surface area contributed by atoms with Crippen molar-refractivity contribution in [2.75, 3.05) is 6.54 Å². The van der Waals surface area contributed by atoms with Crippen LogP contribution in [0, 0.1) is 5.41 Å². The zero-order valence-electron chi connectivity index (χ0n) is 12.2. The van der Waals surface area contributed by atoms with Gasteiger partial charge in [0.15, 0.2) is 0 Å². The number of nitrogens with one attached hydrogen (secondary N) is 2. The molecule has 1 aliphatic heterocycles. The summed E-state index contributed by atoms with van der Waals surface area (Å²) in [6, 6.07) is 0. The lowest BCUT2D eigenvalue weighted by atomic mass is 9.84. The summed E-state index contributed by atoms with van der Waals surface area (Å²) >= 11 is 0. The van der Waals surface area contributed by atoms with Crippen molar-refractivity contribution in [2.45, 2.75) is 47.1 Å². The van der Waals surface area contributed by atoms with Crippen LogP contribution in [0.25, 0.3) is 0 Å². The van der Waals surface area contributed by atoms with E-state index in [9.17, 15) is 4.79 Å².